The van der Waals surface area contributed by atoms with Crippen molar-refractivity contribution in [3.63, 3.8) is 0 Å². The number of fused-ring (bicyclic) bond motifs is 1. The van der Waals surface area contributed by atoms with Crippen LogP contribution < -0.4 is 9.62 Å². The zero-order valence-electron chi connectivity index (χ0n) is 13.8. The molecule has 0 spiro atoms. The fourth-order valence-electron chi connectivity index (χ4n) is 2.87. The maximum atomic E-state index is 12.5. The van der Waals surface area contributed by atoms with Gasteiger partial charge in [0, 0.05) is 17.3 Å². The van der Waals surface area contributed by atoms with Crippen molar-refractivity contribution in [2.75, 3.05) is 18.0 Å². The van der Waals surface area contributed by atoms with Gasteiger partial charge >= 0.3 is 0 Å². The van der Waals surface area contributed by atoms with Gasteiger partial charge in [0.25, 0.3) is 0 Å². The van der Waals surface area contributed by atoms with E-state index in [9.17, 15) is 13.2 Å². The molecular formula is C18H19ClN2O3S. The van der Waals surface area contributed by atoms with Crippen molar-refractivity contribution in [3.8, 4) is 0 Å². The summed E-state index contributed by atoms with van der Waals surface area (Å²) in [5, 5.41) is 0.374. The van der Waals surface area contributed by atoms with Crippen molar-refractivity contribution >= 4 is 33.2 Å². The molecule has 5 nitrogen and oxygen atoms in total. The van der Waals surface area contributed by atoms with E-state index in [1.54, 1.807) is 17.9 Å². The van der Waals surface area contributed by atoms with Crippen molar-refractivity contribution in [2.24, 2.45) is 0 Å². The number of nitrogens with one attached hydrogen (secondary N) is 1. The summed E-state index contributed by atoms with van der Waals surface area (Å²) in [6, 6.07) is 12.2. The van der Waals surface area contributed by atoms with Crippen LogP contribution >= 0.6 is 11.6 Å². The van der Waals surface area contributed by atoms with Crippen molar-refractivity contribution in [2.45, 2.75) is 24.7 Å². The molecule has 0 saturated carbocycles. The van der Waals surface area contributed by atoms with Crippen LogP contribution in [0.4, 0.5) is 5.69 Å². The first-order valence-electron chi connectivity index (χ1n) is 8.02. The number of halogens is 1. The molecule has 25 heavy (non-hydrogen) atoms. The molecule has 1 N–H and O–H groups in total. The summed E-state index contributed by atoms with van der Waals surface area (Å²) in [5.41, 5.74) is 2.76. The van der Waals surface area contributed by atoms with Gasteiger partial charge in [-0.3, -0.25) is 4.79 Å². The molecule has 0 saturated heterocycles. The third kappa shape index (κ3) is 3.86. The topological polar surface area (TPSA) is 66.5 Å². The van der Waals surface area contributed by atoms with Crippen LogP contribution in [0.25, 0.3) is 0 Å². The summed E-state index contributed by atoms with van der Waals surface area (Å²) in [6.45, 7) is 2.10. The van der Waals surface area contributed by atoms with Crippen LogP contribution in [-0.2, 0) is 21.2 Å². The Labute approximate surface area is 152 Å². The third-order valence-electron chi connectivity index (χ3n) is 4.28. The van der Waals surface area contributed by atoms with E-state index in [2.05, 4.69) is 4.72 Å². The van der Waals surface area contributed by atoms with Gasteiger partial charge in [-0.25, -0.2) is 13.1 Å². The summed E-state index contributed by atoms with van der Waals surface area (Å²) in [6.07, 6.45) is 1.79. The summed E-state index contributed by atoms with van der Waals surface area (Å²) in [4.78, 5) is 14.2. The predicted octanol–water partition coefficient (Wildman–Crippen LogP) is 2.91. The average molecular weight is 379 g/mol. The van der Waals surface area contributed by atoms with Crippen LogP contribution in [0.5, 0.6) is 0 Å². The van der Waals surface area contributed by atoms with Gasteiger partial charge in [-0.05, 0) is 49.1 Å². The maximum absolute atomic E-state index is 12.5. The molecule has 2 aromatic carbocycles. The molecule has 0 unspecified atom stereocenters. The zero-order chi connectivity index (χ0) is 18.0. The minimum atomic E-state index is -3.79. The first-order chi connectivity index (χ1) is 11.9. The number of aryl methyl sites for hydroxylation is 2. The van der Waals surface area contributed by atoms with Gasteiger partial charge < -0.3 is 4.90 Å². The van der Waals surface area contributed by atoms with Gasteiger partial charge in [0.05, 0.1) is 11.4 Å². The van der Waals surface area contributed by atoms with Gasteiger partial charge in [0.15, 0.2) is 0 Å². The maximum Gasteiger partial charge on any atom is 0.242 e. The lowest BCUT2D eigenvalue weighted by Crippen LogP contribution is -2.42. The Balaban J connectivity index is 1.73. The van der Waals surface area contributed by atoms with E-state index in [4.69, 9.17) is 11.6 Å². The van der Waals surface area contributed by atoms with Crippen molar-refractivity contribution in [3.05, 3.63) is 58.6 Å². The number of amides is 1. The Morgan fingerprint density at radius 2 is 2.00 bits per heavy atom. The van der Waals surface area contributed by atoms with E-state index in [-0.39, 0.29) is 17.3 Å². The molecule has 0 radical (unpaired) electrons. The molecule has 7 heteroatoms. The molecule has 1 heterocycles. The first kappa shape index (κ1) is 17.9. The molecule has 1 amide bonds. The molecule has 0 fully saturated rings. The number of benzene rings is 2. The van der Waals surface area contributed by atoms with E-state index in [0.29, 0.717) is 11.6 Å². The molecule has 0 atom stereocenters. The first-order valence-corrected chi connectivity index (χ1v) is 9.89. The third-order valence-corrected chi connectivity index (χ3v) is 6.08. The van der Waals surface area contributed by atoms with Gasteiger partial charge in [-0.2, -0.15) is 0 Å². The Bertz CT molecular complexity index is 912. The molecule has 2 aromatic rings. The molecule has 132 valence electrons. The molecular weight excluding hydrogens is 360 g/mol. The average Bonchev–Trinajstić information content (AvgIpc) is 2.61. The van der Waals surface area contributed by atoms with Gasteiger partial charge in [0.2, 0.25) is 15.9 Å². The van der Waals surface area contributed by atoms with Crippen molar-refractivity contribution in [1.29, 1.82) is 0 Å². The smallest absolute Gasteiger partial charge is 0.242 e. The highest BCUT2D eigenvalue weighted by molar-refractivity contribution is 7.89. The lowest BCUT2D eigenvalue weighted by atomic mass is 10.0. The number of para-hydroxylation sites is 1. The minimum Gasteiger partial charge on any atom is -0.311 e. The number of sulfonamides is 1. The van der Waals surface area contributed by atoms with Crippen LogP contribution in [-0.4, -0.2) is 27.4 Å². The quantitative estimate of drug-likeness (QED) is 0.889. The number of nitrogens with zero attached hydrogens (tertiary/aromatic N) is 1. The Morgan fingerprint density at radius 3 is 2.76 bits per heavy atom. The SMILES string of the molecule is Cc1ccc(S(=O)(=O)NCC(=O)N2CCCc3ccccc32)cc1Cl. The van der Waals surface area contributed by atoms with Crippen LogP contribution in [0.1, 0.15) is 17.5 Å². The van der Waals surface area contributed by atoms with E-state index >= 15 is 0 Å². The van der Waals surface area contributed by atoms with Gasteiger partial charge in [-0.1, -0.05) is 35.9 Å². The zero-order valence-corrected chi connectivity index (χ0v) is 15.4. The number of rotatable bonds is 4. The van der Waals surface area contributed by atoms with E-state index in [1.807, 2.05) is 24.3 Å². The molecule has 1 aliphatic rings. The minimum absolute atomic E-state index is 0.0509. The lowest BCUT2D eigenvalue weighted by Gasteiger charge is -2.29. The molecule has 0 aromatic heterocycles. The highest BCUT2D eigenvalue weighted by Crippen LogP contribution is 2.26. The van der Waals surface area contributed by atoms with Gasteiger partial charge in [0.1, 0.15) is 0 Å². The fraction of sp³-hybridized carbons (Fsp3) is 0.278. The monoisotopic (exact) mass is 378 g/mol. The fourth-order valence-corrected chi connectivity index (χ4v) is 4.11. The van der Waals surface area contributed by atoms with E-state index in [0.717, 1.165) is 29.7 Å². The highest BCUT2D eigenvalue weighted by Gasteiger charge is 2.24. The largest absolute Gasteiger partial charge is 0.311 e. The highest BCUT2D eigenvalue weighted by atomic mass is 35.5. The van der Waals surface area contributed by atoms with Crippen LogP contribution in [0, 0.1) is 6.92 Å². The van der Waals surface area contributed by atoms with Crippen molar-refractivity contribution in [1.82, 2.24) is 4.72 Å². The number of anilines is 1. The second kappa shape index (κ2) is 7.15. The molecule has 0 bridgehead atoms. The standard InChI is InChI=1S/C18H19ClN2O3S/c1-13-8-9-15(11-16(13)19)25(23,24)20-12-18(22)21-10-4-6-14-5-2-3-7-17(14)21/h2-3,5,7-9,11,20H,4,6,10,12H2,1H3. The predicted molar refractivity (Wildman–Crippen MR) is 98.5 cm³/mol. The number of carbonyl (C=O) groups is 1. The van der Waals surface area contributed by atoms with E-state index < -0.39 is 10.0 Å². The Hall–Kier alpha value is -1.89. The van der Waals surface area contributed by atoms with Crippen molar-refractivity contribution < 1.29 is 13.2 Å². The molecule has 1 aliphatic heterocycles. The summed E-state index contributed by atoms with van der Waals surface area (Å²) in [7, 11) is -3.79. The normalized spacial score (nSPS) is 14.2. The number of hydrogen-bond acceptors (Lipinski definition) is 3. The van der Waals surface area contributed by atoms with Crippen LogP contribution in [0.2, 0.25) is 5.02 Å². The summed E-state index contributed by atoms with van der Waals surface area (Å²) >= 11 is 5.99. The number of carbonyl (C=O) groups excluding carboxylic acids is 1. The Kier molecular flexibility index (Phi) is 5.13. The molecule has 0 aliphatic carbocycles. The van der Waals surface area contributed by atoms with E-state index in [1.165, 1.54) is 12.1 Å². The van der Waals surface area contributed by atoms with Crippen LogP contribution in [0.3, 0.4) is 0 Å². The van der Waals surface area contributed by atoms with Crippen LogP contribution in [0.15, 0.2) is 47.4 Å². The second-order valence-corrected chi connectivity index (χ2v) is 8.19. The second-order valence-electron chi connectivity index (χ2n) is 6.01. The summed E-state index contributed by atoms with van der Waals surface area (Å²) in [5.74, 6) is -0.270. The number of hydrogen-bond donors (Lipinski definition) is 1. The van der Waals surface area contributed by atoms with Gasteiger partial charge in [-0.15, -0.1) is 0 Å². The lowest BCUT2D eigenvalue weighted by molar-refractivity contribution is -0.117. The summed E-state index contributed by atoms with van der Waals surface area (Å²) < 4.78 is 27.1. The Morgan fingerprint density at radius 1 is 1.24 bits per heavy atom. The molecule has 3 rings (SSSR count).